The van der Waals surface area contributed by atoms with Gasteiger partial charge in [-0.05, 0) is 18.2 Å². The van der Waals surface area contributed by atoms with Gasteiger partial charge in [0.05, 0.1) is 6.21 Å². The third-order valence-corrected chi connectivity index (χ3v) is 2.29. The van der Waals surface area contributed by atoms with E-state index in [1.165, 1.54) is 19.3 Å². The highest BCUT2D eigenvalue weighted by atomic mass is 79.9. The minimum absolute atomic E-state index is 0.0196. The van der Waals surface area contributed by atoms with Crippen molar-refractivity contribution in [2.45, 2.75) is 0 Å². The Kier molecular flexibility index (Phi) is 4.65. The van der Waals surface area contributed by atoms with E-state index >= 15 is 0 Å². The number of hydrogen-bond donors (Lipinski definition) is 3. The molecule has 1 aromatic rings. The van der Waals surface area contributed by atoms with E-state index in [0.29, 0.717) is 5.56 Å². The van der Waals surface area contributed by atoms with Crippen LogP contribution in [0.2, 0.25) is 0 Å². The Morgan fingerprint density at radius 1 is 1.41 bits per heavy atom. The number of carbonyl (C=O) groups excluding carboxylic acids is 2. The van der Waals surface area contributed by atoms with E-state index in [2.05, 4.69) is 26.3 Å². The maximum absolute atomic E-state index is 11.0. The number of nitrogens with zero attached hydrogens (tertiary/aromatic N) is 1. The normalized spacial score (nSPS) is 10.2. The van der Waals surface area contributed by atoms with Crippen LogP contribution < -0.4 is 10.7 Å². The molecule has 0 radical (unpaired) electrons. The Bertz CT molecular complexity index is 474. The van der Waals surface area contributed by atoms with Crippen LogP contribution in [0.4, 0.5) is 0 Å². The molecule has 0 saturated heterocycles. The summed E-state index contributed by atoms with van der Waals surface area (Å²) < 4.78 is 0.759. The summed E-state index contributed by atoms with van der Waals surface area (Å²) in [5.41, 5.74) is 2.43. The van der Waals surface area contributed by atoms with Gasteiger partial charge in [-0.25, -0.2) is 5.43 Å². The van der Waals surface area contributed by atoms with Crippen LogP contribution in [-0.2, 0) is 9.59 Å². The fourth-order valence-corrected chi connectivity index (χ4v) is 1.33. The van der Waals surface area contributed by atoms with Crippen LogP contribution in [0.25, 0.3) is 0 Å². The molecule has 2 amide bonds. The maximum Gasteiger partial charge on any atom is 0.329 e. The van der Waals surface area contributed by atoms with Crippen molar-refractivity contribution in [3.63, 3.8) is 0 Å². The number of hydrazone groups is 1. The van der Waals surface area contributed by atoms with Gasteiger partial charge in [-0.2, -0.15) is 5.10 Å². The molecule has 0 aromatic heterocycles. The molecule has 0 aliphatic rings. The Morgan fingerprint density at radius 2 is 2.12 bits per heavy atom. The number of halogens is 1. The molecule has 1 aromatic carbocycles. The molecule has 0 aliphatic carbocycles. The number of phenolic OH excluding ortho intramolecular Hbond substituents is 1. The SMILES string of the molecule is CNC(=O)C(=O)N/N=C\c1cc(Br)ccc1O. The van der Waals surface area contributed by atoms with Crippen molar-refractivity contribution in [3.8, 4) is 5.75 Å². The molecule has 0 spiro atoms. The molecule has 0 heterocycles. The molecule has 0 atom stereocenters. The van der Waals surface area contributed by atoms with Gasteiger partial charge in [-0.3, -0.25) is 9.59 Å². The van der Waals surface area contributed by atoms with Crippen molar-refractivity contribution in [2.75, 3.05) is 7.05 Å². The Morgan fingerprint density at radius 3 is 2.76 bits per heavy atom. The Hall–Kier alpha value is -1.89. The van der Waals surface area contributed by atoms with Crippen LogP contribution >= 0.6 is 15.9 Å². The van der Waals surface area contributed by atoms with Crippen LogP contribution in [0.1, 0.15) is 5.56 Å². The second kappa shape index (κ2) is 6.00. The van der Waals surface area contributed by atoms with Crippen molar-refractivity contribution in [1.82, 2.24) is 10.7 Å². The number of amides is 2. The van der Waals surface area contributed by atoms with Crippen molar-refractivity contribution in [2.24, 2.45) is 5.10 Å². The molecular formula is C10H10BrN3O3. The predicted octanol–water partition coefficient (Wildman–Crippen LogP) is 0.351. The molecule has 0 bridgehead atoms. The topological polar surface area (TPSA) is 90.8 Å². The molecule has 1 rings (SSSR count). The summed E-state index contributed by atoms with van der Waals surface area (Å²) in [6, 6.07) is 4.76. The Labute approximate surface area is 106 Å². The number of likely N-dealkylation sites (N-methyl/N-ethyl adjacent to an activating group) is 1. The second-order valence-electron chi connectivity index (χ2n) is 2.98. The van der Waals surface area contributed by atoms with E-state index in [1.807, 2.05) is 5.43 Å². The largest absolute Gasteiger partial charge is 0.507 e. The smallest absolute Gasteiger partial charge is 0.329 e. The highest BCUT2D eigenvalue weighted by molar-refractivity contribution is 9.10. The fraction of sp³-hybridized carbons (Fsp3) is 0.100. The molecule has 90 valence electrons. The number of rotatable bonds is 2. The van der Waals surface area contributed by atoms with Crippen molar-refractivity contribution in [1.29, 1.82) is 0 Å². The van der Waals surface area contributed by atoms with Gasteiger partial charge >= 0.3 is 11.8 Å². The van der Waals surface area contributed by atoms with Crippen molar-refractivity contribution < 1.29 is 14.7 Å². The molecule has 6 nitrogen and oxygen atoms in total. The van der Waals surface area contributed by atoms with Gasteiger partial charge in [0.15, 0.2) is 0 Å². The lowest BCUT2D eigenvalue weighted by Gasteiger charge is -2.00. The van der Waals surface area contributed by atoms with Gasteiger partial charge in [0.25, 0.3) is 0 Å². The summed E-state index contributed by atoms with van der Waals surface area (Å²) >= 11 is 3.23. The van der Waals surface area contributed by atoms with E-state index < -0.39 is 11.8 Å². The number of phenols is 1. The van der Waals surface area contributed by atoms with Gasteiger partial charge in [-0.15, -0.1) is 0 Å². The van der Waals surface area contributed by atoms with Crippen LogP contribution in [0.3, 0.4) is 0 Å². The van der Waals surface area contributed by atoms with Gasteiger partial charge in [0.2, 0.25) is 0 Å². The zero-order valence-electron chi connectivity index (χ0n) is 8.90. The summed E-state index contributed by atoms with van der Waals surface area (Å²) in [6.45, 7) is 0. The molecule has 3 N–H and O–H groups in total. The first kappa shape index (κ1) is 13.2. The number of hydrogen-bond acceptors (Lipinski definition) is 4. The minimum Gasteiger partial charge on any atom is -0.507 e. The first-order chi connectivity index (χ1) is 8.04. The third-order valence-electron chi connectivity index (χ3n) is 1.79. The first-order valence-electron chi connectivity index (χ1n) is 4.58. The molecule has 0 aliphatic heterocycles. The lowest BCUT2D eigenvalue weighted by Crippen LogP contribution is -2.35. The van der Waals surface area contributed by atoms with E-state index in [-0.39, 0.29) is 5.75 Å². The summed E-state index contributed by atoms with van der Waals surface area (Å²) in [6.07, 6.45) is 1.24. The quantitative estimate of drug-likeness (QED) is 0.418. The predicted molar refractivity (Wildman–Crippen MR) is 65.6 cm³/mol. The molecule has 0 unspecified atom stereocenters. The van der Waals surface area contributed by atoms with Crippen molar-refractivity contribution >= 4 is 34.0 Å². The molecule has 7 heteroatoms. The fourth-order valence-electron chi connectivity index (χ4n) is 0.954. The highest BCUT2D eigenvalue weighted by Gasteiger charge is 2.08. The van der Waals surface area contributed by atoms with Gasteiger partial charge in [0, 0.05) is 17.1 Å². The van der Waals surface area contributed by atoms with Crippen LogP contribution in [0, 0.1) is 0 Å². The van der Waals surface area contributed by atoms with E-state index in [9.17, 15) is 14.7 Å². The lowest BCUT2D eigenvalue weighted by atomic mass is 10.2. The molecule has 0 fully saturated rings. The van der Waals surface area contributed by atoms with Gasteiger partial charge < -0.3 is 10.4 Å². The minimum atomic E-state index is -0.877. The number of aromatic hydroxyl groups is 1. The molecule has 17 heavy (non-hydrogen) atoms. The number of carbonyl (C=O) groups is 2. The first-order valence-corrected chi connectivity index (χ1v) is 5.37. The summed E-state index contributed by atoms with van der Waals surface area (Å²) in [5, 5.41) is 15.1. The van der Waals surface area contributed by atoms with Gasteiger partial charge in [0.1, 0.15) is 5.75 Å². The number of benzene rings is 1. The van der Waals surface area contributed by atoms with Crippen molar-refractivity contribution in [3.05, 3.63) is 28.2 Å². The zero-order valence-corrected chi connectivity index (χ0v) is 10.5. The lowest BCUT2D eigenvalue weighted by molar-refractivity contribution is -0.138. The van der Waals surface area contributed by atoms with Crippen LogP contribution in [-0.4, -0.2) is 30.2 Å². The zero-order chi connectivity index (χ0) is 12.8. The summed E-state index contributed by atoms with van der Waals surface area (Å²) in [5.74, 6) is -1.65. The maximum atomic E-state index is 11.0. The molecule has 0 saturated carbocycles. The molecular weight excluding hydrogens is 290 g/mol. The second-order valence-corrected chi connectivity index (χ2v) is 3.90. The summed E-state index contributed by atoms with van der Waals surface area (Å²) in [4.78, 5) is 21.8. The van der Waals surface area contributed by atoms with Gasteiger partial charge in [-0.1, -0.05) is 15.9 Å². The average molecular weight is 300 g/mol. The van der Waals surface area contributed by atoms with Crippen LogP contribution in [0.5, 0.6) is 5.75 Å². The van der Waals surface area contributed by atoms with E-state index in [0.717, 1.165) is 4.47 Å². The standard InChI is InChI=1S/C10H10BrN3O3/c1-12-9(16)10(17)14-13-5-6-4-7(11)2-3-8(6)15/h2-5,15H,1H3,(H,12,16)(H,14,17)/b13-5-. The monoisotopic (exact) mass is 299 g/mol. The van der Waals surface area contributed by atoms with Crippen LogP contribution in [0.15, 0.2) is 27.8 Å². The third kappa shape index (κ3) is 3.87. The Balaban J connectivity index is 2.68. The van der Waals surface area contributed by atoms with E-state index in [1.54, 1.807) is 12.1 Å². The summed E-state index contributed by atoms with van der Waals surface area (Å²) in [7, 11) is 1.34. The van der Waals surface area contributed by atoms with E-state index in [4.69, 9.17) is 0 Å². The highest BCUT2D eigenvalue weighted by Crippen LogP contribution is 2.19. The average Bonchev–Trinajstić information content (AvgIpc) is 2.32. The number of nitrogens with one attached hydrogen (secondary N) is 2.